The lowest BCUT2D eigenvalue weighted by Crippen LogP contribution is -2.31. The molecule has 1 N–H and O–H groups in total. The Morgan fingerprint density at radius 3 is 2.61 bits per heavy atom. The fraction of sp³-hybridized carbons (Fsp3) is 0.833. The maximum Gasteiger partial charge on any atom is 0.307 e. The third kappa shape index (κ3) is 10.0. The molecule has 0 atom stereocenters. The van der Waals surface area contributed by atoms with Gasteiger partial charge in [-0.1, -0.05) is 0 Å². The van der Waals surface area contributed by atoms with Crippen LogP contribution in [-0.4, -0.2) is 56.9 Å². The third-order valence-electron chi connectivity index (χ3n) is 2.24. The second-order valence-corrected chi connectivity index (χ2v) is 4.91. The highest BCUT2D eigenvalue weighted by Crippen LogP contribution is 2.14. The molecule has 6 nitrogen and oxygen atoms in total. The first-order valence-corrected chi connectivity index (χ1v) is 5.99. The summed E-state index contributed by atoms with van der Waals surface area (Å²) in [6.07, 6.45) is 1.39. The minimum atomic E-state index is -0.328. The van der Waals surface area contributed by atoms with E-state index in [0.717, 1.165) is 0 Å². The van der Waals surface area contributed by atoms with E-state index in [2.05, 4.69) is 5.32 Å². The van der Waals surface area contributed by atoms with Gasteiger partial charge in [0, 0.05) is 13.0 Å². The monoisotopic (exact) mass is 260 g/mol. The highest BCUT2D eigenvalue weighted by Gasteiger charge is 2.19. The first-order chi connectivity index (χ1) is 8.37. The van der Waals surface area contributed by atoms with E-state index in [-0.39, 0.29) is 18.0 Å². The lowest BCUT2D eigenvalue weighted by molar-refractivity contribution is -0.146. The second kappa shape index (κ2) is 8.88. The topological polar surface area (TPSA) is 67.9 Å². The van der Waals surface area contributed by atoms with Gasteiger partial charge in [-0.3, -0.25) is 14.5 Å². The summed E-state index contributed by atoms with van der Waals surface area (Å²) in [5.41, 5.74) is -0.328. The molecule has 0 aliphatic heterocycles. The van der Waals surface area contributed by atoms with E-state index < -0.39 is 0 Å². The van der Waals surface area contributed by atoms with E-state index >= 15 is 0 Å². The fourth-order valence-electron chi connectivity index (χ4n) is 1.09. The van der Waals surface area contributed by atoms with Crippen molar-refractivity contribution in [2.24, 2.45) is 0 Å². The Bertz CT molecular complexity index is 254. The standard InChI is InChI=1S/C12H24N2O4/c1-12(2,18-10-14(3)4)6-8-17-11(16)5-7-13-9-15/h9H,5-8,10H2,1-4H3,(H,13,15). The summed E-state index contributed by atoms with van der Waals surface area (Å²) < 4.78 is 10.7. The van der Waals surface area contributed by atoms with Crippen LogP contribution >= 0.6 is 0 Å². The van der Waals surface area contributed by atoms with E-state index in [4.69, 9.17) is 9.47 Å². The van der Waals surface area contributed by atoms with Crippen LogP contribution < -0.4 is 5.32 Å². The molecule has 106 valence electrons. The van der Waals surface area contributed by atoms with Crippen molar-refractivity contribution in [2.45, 2.75) is 32.3 Å². The maximum absolute atomic E-state index is 11.2. The lowest BCUT2D eigenvalue weighted by atomic mass is 10.1. The van der Waals surface area contributed by atoms with Crippen LogP contribution in [-0.2, 0) is 19.1 Å². The summed E-state index contributed by atoms with van der Waals surface area (Å²) in [7, 11) is 3.85. The van der Waals surface area contributed by atoms with Crippen molar-refractivity contribution in [3.8, 4) is 0 Å². The van der Waals surface area contributed by atoms with Crippen LogP contribution in [0, 0.1) is 0 Å². The molecule has 0 fully saturated rings. The smallest absolute Gasteiger partial charge is 0.307 e. The molecular formula is C12H24N2O4. The quantitative estimate of drug-likeness (QED) is 0.266. The molecule has 0 saturated carbocycles. The van der Waals surface area contributed by atoms with Gasteiger partial charge in [-0.05, 0) is 27.9 Å². The first kappa shape index (κ1) is 16.9. The Labute approximate surface area is 109 Å². The number of rotatable bonds is 10. The van der Waals surface area contributed by atoms with Crippen molar-refractivity contribution in [1.82, 2.24) is 10.2 Å². The number of amides is 1. The molecule has 0 rings (SSSR count). The number of nitrogens with zero attached hydrogens (tertiary/aromatic N) is 1. The molecule has 0 unspecified atom stereocenters. The van der Waals surface area contributed by atoms with Gasteiger partial charge in [0.1, 0.15) is 0 Å². The Hall–Kier alpha value is -1.14. The fourth-order valence-corrected chi connectivity index (χ4v) is 1.09. The molecule has 18 heavy (non-hydrogen) atoms. The largest absolute Gasteiger partial charge is 0.466 e. The van der Waals surface area contributed by atoms with Crippen molar-refractivity contribution in [2.75, 3.05) is 34.0 Å². The summed E-state index contributed by atoms with van der Waals surface area (Å²) in [5.74, 6) is -0.312. The Balaban J connectivity index is 3.67. The van der Waals surface area contributed by atoms with Gasteiger partial charge in [0.05, 0.1) is 25.4 Å². The first-order valence-electron chi connectivity index (χ1n) is 5.99. The summed E-state index contributed by atoms with van der Waals surface area (Å²) in [5, 5.41) is 2.41. The lowest BCUT2D eigenvalue weighted by Gasteiger charge is -2.26. The SMILES string of the molecule is CN(C)COC(C)(C)CCOC(=O)CCNC=O. The normalized spacial score (nSPS) is 11.4. The van der Waals surface area contributed by atoms with E-state index in [1.807, 2.05) is 32.8 Å². The molecule has 6 heteroatoms. The van der Waals surface area contributed by atoms with Crippen LogP contribution in [0.25, 0.3) is 0 Å². The van der Waals surface area contributed by atoms with E-state index in [9.17, 15) is 9.59 Å². The van der Waals surface area contributed by atoms with Crippen molar-refractivity contribution < 1.29 is 19.1 Å². The number of nitrogens with one attached hydrogen (secondary N) is 1. The highest BCUT2D eigenvalue weighted by atomic mass is 16.5. The number of hydrogen-bond acceptors (Lipinski definition) is 5. The minimum absolute atomic E-state index is 0.192. The summed E-state index contributed by atoms with van der Waals surface area (Å²) >= 11 is 0. The van der Waals surface area contributed by atoms with Gasteiger partial charge < -0.3 is 14.8 Å². The Morgan fingerprint density at radius 2 is 2.06 bits per heavy atom. The van der Waals surface area contributed by atoms with Crippen LogP contribution in [0.3, 0.4) is 0 Å². The number of ether oxygens (including phenoxy) is 2. The van der Waals surface area contributed by atoms with E-state index in [1.165, 1.54) is 0 Å². The molecule has 0 aromatic carbocycles. The number of carbonyl (C=O) groups excluding carboxylic acids is 2. The number of esters is 1. The molecular weight excluding hydrogens is 236 g/mol. The van der Waals surface area contributed by atoms with Crippen molar-refractivity contribution >= 4 is 12.4 Å². The van der Waals surface area contributed by atoms with E-state index in [1.54, 1.807) is 0 Å². The molecule has 0 aliphatic carbocycles. The van der Waals surface area contributed by atoms with Crippen molar-refractivity contribution in [3.05, 3.63) is 0 Å². The highest BCUT2D eigenvalue weighted by molar-refractivity contribution is 5.69. The maximum atomic E-state index is 11.2. The summed E-state index contributed by atoms with van der Waals surface area (Å²) in [6, 6.07) is 0. The van der Waals surface area contributed by atoms with Gasteiger partial charge in [-0.25, -0.2) is 0 Å². The van der Waals surface area contributed by atoms with Gasteiger partial charge in [-0.15, -0.1) is 0 Å². The molecule has 0 radical (unpaired) electrons. The number of carbonyl (C=O) groups is 2. The van der Waals surface area contributed by atoms with Crippen LogP contribution in [0.1, 0.15) is 26.7 Å². The zero-order valence-corrected chi connectivity index (χ0v) is 11.7. The molecule has 0 heterocycles. The molecule has 0 aromatic rings. The van der Waals surface area contributed by atoms with Crippen LogP contribution in [0.2, 0.25) is 0 Å². The van der Waals surface area contributed by atoms with Crippen LogP contribution in [0.5, 0.6) is 0 Å². The van der Waals surface area contributed by atoms with Gasteiger partial charge in [0.2, 0.25) is 6.41 Å². The van der Waals surface area contributed by atoms with Gasteiger partial charge >= 0.3 is 5.97 Å². The average Bonchev–Trinajstić information content (AvgIpc) is 2.27. The molecule has 0 spiro atoms. The molecule has 0 aromatic heterocycles. The van der Waals surface area contributed by atoms with Gasteiger partial charge in [-0.2, -0.15) is 0 Å². The van der Waals surface area contributed by atoms with Gasteiger partial charge in [0.15, 0.2) is 0 Å². The van der Waals surface area contributed by atoms with E-state index in [0.29, 0.717) is 32.7 Å². The van der Waals surface area contributed by atoms with Crippen molar-refractivity contribution in [3.63, 3.8) is 0 Å². The van der Waals surface area contributed by atoms with Crippen LogP contribution in [0.4, 0.5) is 0 Å². The number of hydrogen-bond donors (Lipinski definition) is 1. The molecule has 1 amide bonds. The molecule has 0 saturated heterocycles. The minimum Gasteiger partial charge on any atom is -0.466 e. The second-order valence-electron chi connectivity index (χ2n) is 4.91. The summed E-state index contributed by atoms with van der Waals surface area (Å²) in [4.78, 5) is 23.1. The molecule has 0 aliphatic rings. The Morgan fingerprint density at radius 1 is 1.39 bits per heavy atom. The zero-order chi connectivity index (χ0) is 14.0. The predicted octanol–water partition coefficient (Wildman–Crippen LogP) is 0.370. The van der Waals surface area contributed by atoms with Crippen LogP contribution in [0.15, 0.2) is 0 Å². The Kier molecular flexibility index (Phi) is 8.32. The van der Waals surface area contributed by atoms with Crippen molar-refractivity contribution in [1.29, 1.82) is 0 Å². The average molecular weight is 260 g/mol. The third-order valence-corrected chi connectivity index (χ3v) is 2.24. The zero-order valence-electron chi connectivity index (χ0n) is 11.7. The summed E-state index contributed by atoms with van der Waals surface area (Å²) in [6.45, 7) is 5.07. The molecule has 0 bridgehead atoms. The van der Waals surface area contributed by atoms with Gasteiger partial charge in [0.25, 0.3) is 0 Å². The predicted molar refractivity (Wildman–Crippen MR) is 68.0 cm³/mol.